The molecule has 1 aromatic rings. The van der Waals surface area contributed by atoms with Gasteiger partial charge < -0.3 is 19.9 Å². The van der Waals surface area contributed by atoms with Crippen LogP contribution in [0.1, 0.15) is 25.5 Å². The van der Waals surface area contributed by atoms with Gasteiger partial charge >= 0.3 is 5.97 Å². The summed E-state index contributed by atoms with van der Waals surface area (Å²) >= 11 is 0. The number of nitrogens with two attached hydrogens (primary N) is 1. The molecule has 21 heavy (non-hydrogen) atoms. The zero-order valence-corrected chi connectivity index (χ0v) is 11.9. The lowest BCUT2D eigenvalue weighted by molar-refractivity contribution is -0.385. The van der Waals surface area contributed by atoms with Crippen LogP contribution in [0.4, 0.5) is 5.69 Å². The van der Waals surface area contributed by atoms with Crippen molar-refractivity contribution in [3.63, 3.8) is 0 Å². The number of benzene rings is 1. The third kappa shape index (κ3) is 2.49. The Hall–Kier alpha value is -2.35. The molecule has 0 amide bonds. The fourth-order valence-corrected chi connectivity index (χ4v) is 2.13. The number of nitro groups is 1. The Morgan fingerprint density at radius 2 is 2.00 bits per heavy atom. The normalized spacial score (nSPS) is 14.7. The van der Waals surface area contributed by atoms with Crippen LogP contribution in [0.3, 0.4) is 0 Å². The SMILES string of the molecule is COC(=O)C(C)(C)[C@H](N)c1cc2c(cc1[N+](=O)[O-])OCO2. The van der Waals surface area contributed by atoms with Crippen LogP contribution in [0.15, 0.2) is 12.1 Å². The molecule has 0 radical (unpaired) electrons. The maximum absolute atomic E-state index is 11.8. The second kappa shape index (κ2) is 5.21. The molecule has 1 aliphatic rings. The minimum Gasteiger partial charge on any atom is -0.469 e. The van der Waals surface area contributed by atoms with Crippen LogP contribution in [0.25, 0.3) is 0 Å². The molecule has 1 aliphatic heterocycles. The number of nitro benzene ring substituents is 1. The number of methoxy groups -OCH3 is 1. The first-order valence-electron chi connectivity index (χ1n) is 6.21. The van der Waals surface area contributed by atoms with Gasteiger partial charge in [-0.2, -0.15) is 0 Å². The number of ether oxygens (including phenoxy) is 3. The maximum atomic E-state index is 11.8. The Morgan fingerprint density at radius 1 is 1.43 bits per heavy atom. The number of hydrogen-bond donors (Lipinski definition) is 1. The van der Waals surface area contributed by atoms with Gasteiger partial charge in [0.1, 0.15) is 0 Å². The lowest BCUT2D eigenvalue weighted by Gasteiger charge is -2.28. The van der Waals surface area contributed by atoms with E-state index in [1.54, 1.807) is 13.8 Å². The lowest BCUT2D eigenvalue weighted by Crippen LogP contribution is -2.37. The molecule has 1 atom stereocenters. The van der Waals surface area contributed by atoms with Gasteiger partial charge in [0, 0.05) is 0 Å². The molecule has 0 aliphatic carbocycles. The van der Waals surface area contributed by atoms with Gasteiger partial charge in [0.05, 0.1) is 35.1 Å². The van der Waals surface area contributed by atoms with Crippen molar-refractivity contribution >= 4 is 11.7 Å². The van der Waals surface area contributed by atoms with E-state index in [-0.39, 0.29) is 23.8 Å². The van der Waals surface area contributed by atoms with Crippen LogP contribution in [-0.4, -0.2) is 24.8 Å². The van der Waals surface area contributed by atoms with Gasteiger partial charge in [0.25, 0.3) is 5.69 Å². The predicted octanol–water partition coefficient (Wildman–Crippen LogP) is 1.52. The van der Waals surface area contributed by atoms with E-state index in [1.807, 2.05) is 0 Å². The average molecular weight is 296 g/mol. The molecule has 0 saturated heterocycles. The Morgan fingerprint density at radius 3 is 2.52 bits per heavy atom. The molecule has 2 N–H and O–H groups in total. The van der Waals surface area contributed by atoms with Gasteiger partial charge in [0.2, 0.25) is 6.79 Å². The fraction of sp³-hybridized carbons (Fsp3) is 0.462. The van der Waals surface area contributed by atoms with Gasteiger partial charge in [-0.05, 0) is 19.9 Å². The van der Waals surface area contributed by atoms with E-state index < -0.39 is 22.3 Å². The monoisotopic (exact) mass is 296 g/mol. The summed E-state index contributed by atoms with van der Waals surface area (Å²) in [5, 5.41) is 11.2. The second-order valence-electron chi connectivity index (χ2n) is 5.21. The van der Waals surface area contributed by atoms with Crippen LogP contribution in [0, 0.1) is 15.5 Å². The van der Waals surface area contributed by atoms with E-state index in [0.29, 0.717) is 5.75 Å². The summed E-state index contributed by atoms with van der Waals surface area (Å²) in [6.45, 7) is 3.13. The predicted molar refractivity (Wildman–Crippen MR) is 71.9 cm³/mol. The van der Waals surface area contributed by atoms with Crippen molar-refractivity contribution in [2.45, 2.75) is 19.9 Å². The maximum Gasteiger partial charge on any atom is 0.313 e. The molecule has 114 valence electrons. The van der Waals surface area contributed by atoms with Crippen molar-refractivity contribution in [3.05, 3.63) is 27.8 Å². The summed E-state index contributed by atoms with van der Waals surface area (Å²) in [6.07, 6.45) is 0. The van der Waals surface area contributed by atoms with E-state index in [0.717, 1.165) is 0 Å². The van der Waals surface area contributed by atoms with Gasteiger partial charge in [-0.15, -0.1) is 0 Å². The molecule has 8 nitrogen and oxygen atoms in total. The molecule has 0 bridgehead atoms. The summed E-state index contributed by atoms with van der Waals surface area (Å²) in [7, 11) is 1.24. The van der Waals surface area contributed by atoms with E-state index in [1.165, 1.54) is 19.2 Å². The van der Waals surface area contributed by atoms with Gasteiger partial charge in [0.15, 0.2) is 11.5 Å². The molecule has 0 fully saturated rings. The van der Waals surface area contributed by atoms with Crippen molar-refractivity contribution in [1.29, 1.82) is 0 Å². The van der Waals surface area contributed by atoms with E-state index in [2.05, 4.69) is 0 Å². The number of rotatable bonds is 4. The first-order chi connectivity index (χ1) is 9.78. The minimum absolute atomic E-state index is 0.00836. The highest BCUT2D eigenvalue weighted by atomic mass is 16.7. The van der Waals surface area contributed by atoms with E-state index >= 15 is 0 Å². The molecule has 1 aromatic carbocycles. The highest BCUT2D eigenvalue weighted by molar-refractivity contribution is 5.77. The number of nitrogens with zero attached hydrogens (tertiary/aromatic N) is 1. The fourth-order valence-electron chi connectivity index (χ4n) is 2.13. The first-order valence-corrected chi connectivity index (χ1v) is 6.21. The quantitative estimate of drug-likeness (QED) is 0.509. The Labute approximate surface area is 120 Å². The number of carbonyl (C=O) groups is 1. The summed E-state index contributed by atoms with van der Waals surface area (Å²) in [6, 6.07) is 1.76. The number of hydrogen-bond acceptors (Lipinski definition) is 7. The van der Waals surface area contributed by atoms with E-state index in [9.17, 15) is 14.9 Å². The average Bonchev–Trinajstić information content (AvgIpc) is 2.91. The van der Waals surface area contributed by atoms with Crippen molar-refractivity contribution < 1.29 is 23.9 Å². The molecule has 2 rings (SSSR count). The van der Waals surface area contributed by atoms with Crippen molar-refractivity contribution in [1.82, 2.24) is 0 Å². The standard InChI is InChI=1S/C13H16N2O6/c1-13(2,12(16)19-3)11(14)7-4-9-10(21-6-20-9)5-8(7)15(17)18/h4-5,11H,6,14H2,1-3H3/t11-/m1/s1. The number of esters is 1. The lowest BCUT2D eigenvalue weighted by atomic mass is 9.80. The van der Waals surface area contributed by atoms with Crippen LogP contribution >= 0.6 is 0 Å². The largest absolute Gasteiger partial charge is 0.469 e. The van der Waals surface area contributed by atoms with Crippen LogP contribution in [0.5, 0.6) is 11.5 Å². The second-order valence-corrected chi connectivity index (χ2v) is 5.21. The van der Waals surface area contributed by atoms with Crippen LogP contribution < -0.4 is 15.2 Å². The molecule has 0 unspecified atom stereocenters. The molecule has 0 spiro atoms. The Bertz CT molecular complexity index is 599. The zero-order chi connectivity index (χ0) is 15.8. The summed E-state index contributed by atoms with van der Waals surface area (Å²) in [5.74, 6) is 0.0993. The molecule has 1 heterocycles. The Kier molecular flexibility index (Phi) is 3.73. The van der Waals surface area contributed by atoms with Crippen LogP contribution in [-0.2, 0) is 9.53 Å². The molecule has 0 aromatic heterocycles. The van der Waals surface area contributed by atoms with Gasteiger partial charge in [-0.25, -0.2) is 0 Å². The third-order valence-electron chi connectivity index (χ3n) is 3.54. The first kappa shape index (κ1) is 15.0. The van der Waals surface area contributed by atoms with Gasteiger partial charge in [-0.1, -0.05) is 0 Å². The van der Waals surface area contributed by atoms with E-state index in [4.69, 9.17) is 19.9 Å². The van der Waals surface area contributed by atoms with Gasteiger partial charge in [-0.3, -0.25) is 14.9 Å². The van der Waals surface area contributed by atoms with Crippen molar-refractivity contribution in [2.75, 3.05) is 13.9 Å². The number of fused-ring (bicyclic) bond motifs is 1. The molecular formula is C13H16N2O6. The molecular weight excluding hydrogens is 280 g/mol. The Balaban J connectivity index is 2.52. The summed E-state index contributed by atoms with van der Waals surface area (Å²) in [5.41, 5.74) is 4.92. The minimum atomic E-state index is -1.13. The summed E-state index contributed by atoms with van der Waals surface area (Å²) < 4.78 is 15.0. The smallest absolute Gasteiger partial charge is 0.313 e. The summed E-state index contributed by atoms with van der Waals surface area (Å²) in [4.78, 5) is 22.5. The van der Waals surface area contributed by atoms with Crippen LogP contribution in [0.2, 0.25) is 0 Å². The highest BCUT2D eigenvalue weighted by Crippen LogP contribution is 2.43. The third-order valence-corrected chi connectivity index (χ3v) is 3.54. The van der Waals surface area contributed by atoms with Crippen molar-refractivity contribution in [2.24, 2.45) is 11.1 Å². The highest BCUT2D eigenvalue weighted by Gasteiger charge is 2.40. The topological polar surface area (TPSA) is 114 Å². The number of carbonyl (C=O) groups excluding carboxylic acids is 1. The molecule has 0 saturated carbocycles. The zero-order valence-electron chi connectivity index (χ0n) is 11.9. The molecule has 8 heteroatoms. The van der Waals surface area contributed by atoms with Crippen molar-refractivity contribution in [3.8, 4) is 11.5 Å².